The Kier molecular flexibility index (Phi) is 9.43. The summed E-state index contributed by atoms with van der Waals surface area (Å²) in [6.45, 7) is 0.819. The van der Waals surface area contributed by atoms with Gasteiger partial charge in [0, 0.05) is 37.6 Å². The number of carbonyl (C=O) groups is 2. The van der Waals surface area contributed by atoms with Gasteiger partial charge in [0.1, 0.15) is 5.69 Å². The average molecular weight is 607 g/mol. The van der Waals surface area contributed by atoms with E-state index in [0.717, 1.165) is 6.20 Å². The Balaban J connectivity index is 1.34. The minimum atomic E-state index is -4.63. The second-order valence-corrected chi connectivity index (χ2v) is 9.12. The lowest BCUT2D eigenvalue weighted by Crippen LogP contribution is -2.37. The molecule has 3 aromatic heterocycles. The number of alkyl halides is 3. The summed E-state index contributed by atoms with van der Waals surface area (Å²) in [5.74, 6) is 4.74. The van der Waals surface area contributed by atoms with Gasteiger partial charge in [-0.2, -0.15) is 18.3 Å². The van der Waals surface area contributed by atoms with Crippen LogP contribution in [0.5, 0.6) is 0 Å². The van der Waals surface area contributed by atoms with Gasteiger partial charge in [-0.3, -0.25) is 29.5 Å². The third kappa shape index (κ3) is 7.24. The topological polar surface area (TPSA) is 206 Å². The number of H-pyrrole nitrogens is 1. The summed E-state index contributed by atoms with van der Waals surface area (Å²) < 4.78 is 41.6. The number of rotatable bonds is 11. The molecular weight excluding hydrogens is 581 g/mol. The van der Waals surface area contributed by atoms with E-state index in [1.54, 1.807) is 6.07 Å². The maximum atomic E-state index is 13.4. The maximum Gasteiger partial charge on any atom is 0.433 e. The lowest BCUT2D eigenvalue weighted by Gasteiger charge is -2.11. The number of aromatic nitrogens is 5. The maximum absolute atomic E-state index is 13.4. The fourth-order valence-corrected chi connectivity index (χ4v) is 4.11. The number of nitrogens with one attached hydrogen (secondary N) is 5. The van der Waals surface area contributed by atoms with Crippen molar-refractivity contribution >= 4 is 46.5 Å². The highest BCUT2D eigenvalue weighted by Gasteiger charge is 2.36. The zero-order valence-electron chi connectivity index (χ0n) is 21.8. The minimum absolute atomic E-state index is 0.0333. The first-order valence-corrected chi connectivity index (χ1v) is 12.8. The van der Waals surface area contributed by atoms with E-state index >= 15 is 0 Å². The van der Waals surface area contributed by atoms with Crippen LogP contribution in [0.3, 0.4) is 0 Å². The Morgan fingerprint density at radius 3 is 2.67 bits per heavy atom. The largest absolute Gasteiger partial charge is 0.433 e. The Morgan fingerprint density at radius 2 is 1.93 bits per heavy atom. The summed E-state index contributed by atoms with van der Waals surface area (Å²) in [5.41, 5.74) is 7.50. The Hall–Kier alpha value is -4.90. The molecule has 2 amide bonds. The van der Waals surface area contributed by atoms with Crippen LogP contribution in [0, 0.1) is 0 Å². The van der Waals surface area contributed by atoms with Gasteiger partial charge in [-0.1, -0.05) is 11.6 Å². The van der Waals surface area contributed by atoms with Crippen LogP contribution in [-0.4, -0.2) is 62.0 Å². The number of hydrazine groups is 1. The molecule has 0 unspecified atom stereocenters. The second kappa shape index (κ2) is 13.2. The Bertz CT molecular complexity index is 1600. The lowest BCUT2D eigenvalue weighted by molar-refractivity contribution is -0.140. The number of halogens is 4. The fraction of sp³-hybridized carbons (Fsp3) is 0.250. The summed E-state index contributed by atoms with van der Waals surface area (Å²) in [6, 6.07) is 4.63. The number of benzene rings is 1. The van der Waals surface area contributed by atoms with E-state index in [-0.39, 0.29) is 58.1 Å². The van der Waals surface area contributed by atoms with E-state index in [0.29, 0.717) is 25.2 Å². The Labute approximate surface area is 241 Å². The van der Waals surface area contributed by atoms with E-state index in [1.165, 1.54) is 35.1 Å². The van der Waals surface area contributed by atoms with Crippen LogP contribution >= 0.6 is 11.6 Å². The lowest BCUT2D eigenvalue weighted by atomic mass is 10.2. The third-order valence-corrected chi connectivity index (χ3v) is 6.15. The van der Waals surface area contributed by atoms with Crippen molar-refractivity contribution in [2.75, 3.05) is 25.0 Å². The highest BCUT2D eigenvalue weighted by molar-refractivity contribution is 6.34. The highest BCUT2D eigenvalue weighted by atomic mass is 35.5. The smallest absolute Gasteiger partial charge is 0.369 e. The molecule has 4 aromatic rings. The number of carbonyl (C=O) groups excluding carboxylic acids is 2. The van der Waals surface area contributed by atoms with Crippen molar-refractivity contribution < 1.29 is 22.8 Å². The first-order valence-electron chi connectivity index (χ1n) is 12.4. The van der Waals surface area contributed by atoms with Crippen LogP contribution in [0.4, 0.5) is 24.7 Å². The van der Waals surface area contributed by atoms with E-state index < -0.39 is 17.8 Å². The number of nitrogens with two attached hydrogens (primary N) is 2. The van der Waals surface area contributed by atoms with Gasteiger partial charge in [0.15, 0.2) is 11.5 Å². The summed E-state index contributed by atoms with van der Waals surface area (Å²) in [7, 11) is 0. The second-order valence-electron chi connectivity index (χ2n) is 8.71. The van der Waals surface area contributed by atoms with Gasteiger partial charge in [-0.05, 0) is 24.6 Å². The zero-order chi connectivity index (χ0) is 30.3. The predicted molar refractivity (Wildman–Crippen MR) is 149 cm³/mol. The number of hydrogen-bond donors (Lipinski definition) is 7. The van der Waals surface area contributed by atoms with Crippen molar-refractivity contribution in [3.8, 4) is 11.3 Å². The summed E-state index contributed by atoms with van der Waals surface area (Å²) in [5, 5.41) is 14.1. The number of imidazole rings is 1. The molecule has 4 rings (SSSR count). The molecule has 42 heavy (non-hydrogen) atoms. The summed E-state index contributed by atoms with van der Waals surface area (Å²) >= 11 is 6.36. The molecule has 0 bridgehead atoms. The molecular formula is C24H26ClF3N12O2. The minimum Gasteiger partial charge on any atom is -0.369 e. The number of hydrogen-bond acceptors (Lipinski definition) is 8. The van der Waals surface area contributed by atoms with Crippen LogP contribution in [0.2, 0.25) is 5.02 Å². The van der Waals surface area contributed by atoms with E-state index in [4.69, 9.17) is 23.2 Å². The van der Waals surface area contributed by atoms with Gasteiger partial charge in [0.05, 0.1) is 40.8 Å². The predicted octanol–water partition coefficient (Wildman–Crippen LogP) is 1.94. The molecule has 0 fully saturated rings. The van der Waals surface area contributed by atoms with Gasteiger partial charge in [-0.25, -0.2) is 15.8 Å². The van der Waals surface area contributed by atoms with Crippen molar-refractivity contribution in [1.29, 1.82) is 0 Å². The van der Waals surface area contributed by atoms with Gasteiger partial charge in [-0.15, -0.1) is 0 Å². The van der Waals surface area contributed by atoms with Gasteiger partial charge in [0.2, 0.25) is 11.9 Å². The number of fused-ring (bicyclic) bond motifs is 1. The SMILES string of the molecule is NNC(N)=NCCC(=O)NCCCNC(=O)c1ccc(Nc2nccn3c(-c4cn[nH]c4C(F)(F)F)cnc23)cc1Cl. The van der Waals surface area contributed by atoms with Crippen molar-refractivity contribution in [3.63, 3.8) is 0 Å². The van der Waals surface area contributed by atoms with Crippen LogP contribution < -0.4 is 33.0 Å². The zero-order valence-corrected chi connectivity index (χ0v) is 22.6. The standard InChI is InChI=1S/C24H26ClF3N12O2/c25-16-10-13(2-3-14(16)22(42)33-6-1-5-31-18(41)4-7-34-23(29)38-30)37-20-21-35-12-17(40(21)9-8-32-20)15-11-36-39-19(15)24(26,27)28/h2-3,8-12H,1,4-7,30H2,(H,31,41)(H,32,37)(H,33,42)(H,36,39)(H3,29,34,38). The number of amides is 2. The highest BCUT2D eigenvalue weighted by Crippen LogP contribution is 2.36. The Morgan fingerprint density at radius 1 is 1.14 bits per heavy atom. The summed E-state index contributed by atoms with van der Waals surface area (Å²) in [6.07, 6.45) is 1.25. The van der Waals surface area contributed by atoms with Gasteiger partial charge in [0.25, 0.3) is 5.91 Å². The molecule has 222 valence electrons. The van der Waals surface area contributed by atoms with Gasteiger partial charge >= 0.3 is 6.18 Å². The van der Waals surface area contributed by atoms with Crippen LogP contribution in [0.25, 0.3) is 16.9 Å². The molecule has 0 aliphatic carbocycles. The molecule has 14 nitrogen and oxygen atoms in total. The average Bonchev–Trinajstić information content (AvgIpc) is 3.60. The number of nitrogens with zero attached hydrogens (tertiary/aromatic N) is 5. The molecule has 0 atom stereocenters. The molecule has 0 radical (unpaired) electrons. The van der Waals surface area contributed by atoms with Crippen molar-refractivity contribution in [3.05, 3.63) is 59.3 Å². The fourth-order valence-electron chi connectivity index (χ4n) is 3.84. The van der Waals surface area contributed by atoms with Crippen LogP contribution in [0.1, 0.15) is 28.9 Å². The van der Waals surface area contributed by atoms with Gasteiger partial charge < -0.3 is 21.7 Å². The molecule has 18 heteroatoms. The quantitative estimate of drug-likeness (QED) is 0.0437. The molecule has 0 aliphatic heterocycles. The number of aliphatic imine (C=N–C) groups is 1. The molecule has 9 N–H and O–H groups in total. The number of guanidine groups is 1. The molecule has 0 aliphatic rings. The molecule has 0 saturated carbocycles. The molecule has 0 spiro atoms. The van der Waals surface area contributed by atoms with E-state index in [2.05, 4.69) is 41.4 Å². The molecule has 3 heterocycles. The van der Waals surface area contributed by atoms with E-state index in [1.807, 2.05) is 5.10 Å². The monoisotopic (exact) mass is 606 g/mol. The van der Waals surface area contributed by atoms with Crippen molar-refractivity contribution in [1.82, 2.24) is 40.6 Å². The number of aromatic amines is 1. The molecule has 1 aromatic carbocycles. The van der Waals surface area contributed by atoms with Crippen molar-refractivity contribution in [2.24, 2.45) is 16.6 Å². The third-order valence-electron chi connectivity index (χ3n) is 5.83. The number of anilines is 2. The van der Waals surface area contributed by atoms with Crippen LogP contribution in [-0.2, 0) is 11.0 Å². The van der Waals surface area contributed by atoms with Crippen molar-refractivity contribution in [2.45, 2.75) is 19.0 Å². The van der Waals surface area contributed by atoms with Crippen LogP contribution in [0.15, 0.2) is 48.0 Å². The first-order chi connectivity index (χ1) is 20.1. The van der Waals surface area contributed by atoms with E-state index in [9.17, 15) is 22.8 Å². The summed E-state index contributed by atoms with van der Waals surface area (Å²) in [4.78, 5) is 36.7. The first kappa shape index (κ1) is 30.1. The molecule has 0 saturated heterocycles. The normalized spacial score (nSPS) is 11.9.